The smallest absolute Gasteiger partial charge is 0.481 e. The number of fused-ring (bicyclic) bond motifs is 1. The van der Waals surface area contributed by atoms with Crippen LogP contribution in [0.25, 0.3) is 0 Å². The first kappa shape index (κ1) is 30.6. The molecule has 3 N–H and O–H groups in total. The molecule has 0 radical (unpaired) electrons. The number of carbonyl (C=O) groups is 3. The lowest BCUT2D eigenvalue weighted by Crippen LogP contribution is -2.41. The standard InChI is InChI=1S/C15H23N3O2S.2C2HF3O2/c1-2-17-8-12-9-18(10-13-16-5-7-21-13)6-3-4-15(12,11-17)14(19)20;2*3-2(4,5)1(6)7/h5,7,12H,2-4,6,8-11H2,1H3,(H,19,20);2*(H,6,7)/t12-,15+;;/m1../s1. The highest BCUT2D eigenvalue weighted by Crippen LogP contribution is 2.43. The number of aliphatic carboxylic acids is 3. The van der Waals surface area contributed by atoms with E-state index in [1.807, 2.05) is 11.6 Å². The number of hydrogen-bond donors (Lipinski definition) is 3. The number of hydrogen-bond acceptors (Lipinski definition) is 7. The molecule has 2 atom stereocenters. The molecule has 2 fully saturated rings. The summed E-state index contributed by atoms with van der Waals surface area (Å²) in [6.45, 7) is 7.41. The molecule has 1 aromatic rings. The van der Waals surface area contributed by atoms with Gasteiger partial charge in [0, 0.05) is 37.1 Å². The Morgan fingerprint density at radius 1 is 1.06 bits per heavy atom. The molecule has 0 saturated carbocycles. The lowest BCUT2D eigenvalue weighted by molar-refractivity contribution is -0.193. The average molecular weight is 537 g/mol. The molecule has 9 nitrogen and oxygen atoms in total. The van der Waals surface area contributed by atoms with Crippen LogP contribution in [0.2, 0.25) is 0 Å². The summed E-state index contributed by atoms with van der Waals surface area (Å²) in [5.74, 6) is -5.88. The van der Waals surface area contributed by atoms with Crippen molar-refractivity contribution in [2.45, 2.75) is 38.7 Å². The zero-order chi connectivity index (χ0) is 27.0. The predicted octanol–water partition coefficient (Wildman–Crippen LogP) is 3.03. The molecule has 3 rings (SSSR count). The SMILES string of the molecule is CCN1C[C@@H]2CN(Cc3nccs3)CCC[C@]2(C(=O)O)C1.O=C(O)C(F)(F)F.O=C(O)C(F)(F)F. The van der Waals surface area contributed by atoms with E-state index < -0.39 is 35.7 Å². The Morgan fingerprint density at radius 3 is 1.97 bits per heavy atom. The number of carboxylic acid groups (broad SMARTS) is 3. The summed E-state index contributed by atoms with van der Waals surface area (Å²) in [5, 5.41) is 27.2. The number of likely N-dealkylation sites (tertiary alicyclic amines) is 2. The van der Waals surface area contributed by atoms with Crippen molar-refractivity contribution in [1.82, 2.24) is 14.8 Å². The highest BCUT2D eigenvalue weighted by molar-refractivity contribution is 7.09. The molecule has 3 heterocycles. The molecule has 1 aromatic heterocycles. The molecule has 2 aliphatic heterocycles. The van der Waals surface area contributed by atoms with Crippen LogP contribution in [0.15, 0.2) is 11.6 Å². The molecule has 35 heavy (non-hydrogen) atoms. The molecule has 2 aliphatic rings. The predicted molar refractivity (Wildman–Crippen MR) is 110 cm³/mol. The van der Waals surface area contributed by atoms with Gasteiger partial charge in [0.15, 0.2) is 0 Å². The van der Waals surface area contributed by atoms with E-state index in [2.05, 4.69) is 21.7 Å². The highest BCUT2D eigenvalue weighted by atomic mass is 32.1. The van der Waals surface area contributed by atoms with Gasteiger partial charge >= 0.3 is 30.3 Å². The number of alkyl halides is 6. The second-order valence-corrected chi connectivity index (χ2v) is 8.84. The summed E-state index contributed by atoms with van der Waals surface area (Å²) in [7, 11) is 0. The van der Waals surface area contributed by atoms with Crippen molar-refractivity contribution in [3.63, 3.8) is 0 Å². The first-order chi connectivity index (χ1) is 16.0. The maximum absolute atomic E-state index is 11.9. The van der Waals surface area contributed by atoms with Crippen LogP contribution >= 0.6 is 11.3 Å². The van der Waals surface area contributed by atoms with Crippen molar-refractivity contribution >= 4 is 29.2 Å². The van der Waals surface area contributed by atoms with Crippen molar-refractivity contribution in [3.05, 3.63) is 16.6 Å². The van der Waals surface area contributed by atoms with E-state index in [0.717, 1.165) is 50.6 Å². The maximum atomic E-state index is 11.9. The quantitative estimate of drug-likeness (QED) is 0.496. The van der Waals surface area contributed by atoms with Crippen molar-refractivity contribution in [1.29, 1.82) is 0 Å². The summed E-state index contributed by atoms with van der Waals surface area (Å²) in [6.07, 6.45) is -6.56. The summed E-state index contributed by atoms with van der Waals surface area (Å²) in [4.78, 5) is 38.8. The van der Waals surface area contributed by atoms with Gasteiger partial charge in [-0.3, -0.25) is 9.69 Å². The fourth-order valence-electron chi connectivity index (χ4n) is 3.87. The largest absolute Gasteiger partial charge is 0.490 e. The monoisotopic (exact) mass is 537 g/mol. The number of nitrogens with zero attached hydrogens (tertiary/aromatic N) is 3. The first-order valence-electron chi connectivity index (χ1n) is 10.2. The van der Waals surface area contributed by atoms with E-state index in [1.165, 1.54) is 0 Å². The van der Waals surface area contributed by atoms with Gasteiger partial charge in [0.1, 0.15) is 5.01 Å². The summed E-state index contributed by atoms with van der Waals surface area (Å²) < 4.78 is 63.5. The van der Waals surface area contributed by atoms with Crippen LogP contribution < -0.4 is 0 Å². The van der Waals surface area contributed by atoms with Gasteiger partial charge in [-0.05, 0) is 25.9 Å². The summed E-state index contributed by atoms with van der Waals surface area (Å²) in [5.41, 5.74) is -0.534. The van der Waals surface area contributed by atoms with E-state index >= 15 is 0 Å². The molecular formula is C19H25F6N3O6S. The second-order valence-electron chi connectivity index (χ2n) is 7.86. The summed E-state index contributed by atoms with van der Waals surface area (Å²) in [6, 6.07) is 0. The molecule has 0 bridgehead atoms. The Morgan fingerprint density at radius 2 is 1.57 bits per heavy atom. The lowest BCUT2D eigenvalue weighted by atomic mass is 9.75. The Labute approximate surface area is 200 Å². The molecular weight excluding hydrogens is 512 g/mol. The number of aromatic nitrogens is 1. The fourth-order valence-corrected chi connectivity index (χ4v) is 4.53. The minimum absolute atomic E-state index is 0.234. The zero-order valence-electron chi connectivity index (χ0n) is 18.5. The third-order valence-electron chi connectivity index (χ3n) is 5.54. The van der Waals surface area contributed by atoms with Gasteiger partial charge in [-0.25, -0.2) is 14.6 Å². The topological polar surface area (TPSA) is 131 Å². The minimum atomic E-state index is -5.08. The average Bonchev–Trinajstić information content (AvgIpc) is 3.32. The van der Waals surface area contributed by atoms with Gasteiger partial charge in [-0.15, -0.1) is 11.3 Å². The lowest BCUT2D eigenvalue weighted by Gasteiger charge is -2.29. The van der Waals surface area contributed by atoms with E-state index in [0.29, 0.717) is 6.54 Å². The number of carboxylic acids is 3. The molecule has 0 spiro atoms. The number of rotatable bonds is 4. The van der Waals surface area contributed by atoms with Gasteiger partial charge in [-0.2, -0.15) is 26.3 Å². The van der Waals surface area contributed by atoms with Crippen LogP contribution in [-0.2, 0) is 20.9 Å². The van der Waals surface area contributed by atoms with Crippen LogP contribution in [0.3, 0.4) is 0 Å². The van der Waals surface area contributed by atoms with Crippen LogP contribution in [0, 0.1) is 11.3 Å². The molecule has 0 aromatic carbocycles. The molecule has 200 valence electrons. The minimum Gasteiger partial charge on any atom is -0.481 e. The first-order valence-corrected chi connectivity index (χ1v) is 11.1. The fraction of sp³-hybridized carbons (Fsp3) is 0.684. The van der Waals surface area contributed by atoms with Crippen LogP contribution in [0.4, 0.5) is 26.3 Å². The maximum Gasteiger partial charge on any atom is 0.490 e. The van der Waals surface area contributed by atoms with Crippen LogP contribution in [-0.4, -0.2) is 93.1 Å². The van der Waals surface area contributed by atoms with Gasteiger partial charge in [0.05, 0.1) is 12.0 Å². The number of halogens is 6. The van der Waals surface area contributed by atoms with E-state index in [1.54, 1.807) is 11.3 Å². The van der Waals surface area contributed by atoms with Crippen molar-refractivity contribution in [3.8, 4) is 0 Å². The van der Waals surface area contributed by atoms with Gasteiger partial charge in [-0.1, -0.05) is 6.92 Å². The Balaban J connectivity index is 0.000000362. The third kappa shape index (κ3) is 9.25. The second kappa shape index (κ2) is 12.5. The molecule has 0 aliphatic carbocycles. The zero-order valence-corrected chi connectivity index (χ0v) is 19.3. The molecule has 2 saturated heterocycles. The van der Waals surface area contributed by atoms with Crippen molar-refractivity contribution in [2.24, 2.45) is 11.3 Å². The molecule has 0 amide bonds. The Bertz CT molecular complexity index is 827. The molecule has 0 unspecified atom stereocenters. The molecule has 16 heteroatoms. The van der Waals surface area contributed by atoms with Gasteiger partial charge in [0.25, 0.3) is 0 Å². The van der Waals surface area contributed by atoms with Crippen LogP contribution in [0.5, 0.6) is 0 Å². The number of thiazole rings is 1. The Hall–Kier alpha value is -2.46. The van der Waals surface area contributed by atoms with Gasteiger partial charge < -0.3 is 20.2 Å². The van der Waals surface area contributed by atoms with E-state index in [4.69, 9.17) is 19.8 Å². The Kier molecular flexibility index (Phi) is 10.9. The van der Waals surface area contributed by atoms with Gasteiger partial charge in [0.2, 0.25) is 0 Å². The van der Waals surface area contributed by atoms with Crippen LogP contribution in [0.1, 0.15) is 24.8 Å². The summed E-state index contributed by atoms with van der Waals surface area (Å²) >= 11 is 1.68. The third-order valence-corrected chi connectivity index (χ3v) is 6.31. The van der Waals surface area contributed by atoms with Crippen molar-refractivity contribution in [2.75, 3.05) is 32.7 Å². The normalized spacial score (nSPS) is 23.1. The van der Waals surface area contributed by atoms with E-state index in [-0.39, 0.29) is 5.92 Å². The van der Waals surface area contributed by atoms with Crippen molar-refractivity contribution < 1.29 is 56.0 Å². The van der Waals surface area contributed by atoms with E-state index in [9.17, 15) is 36.2 Å². The highest BCUT2D eigenvalue weighted by Gasteiger charge is 2.52.